The van der Waals surface area contributed by atoms with Gasteiger partial charge in [0.15, 0.2) is 56.6 Å². The van der Waals surface area contributed by atoms with Crippen LogP contribution in [0.3, 0.4) is 0 Å². The van der Waals surface area contributed by atoms with Crippen LogP contribution >= 0.6 is 0 Å². The second-order valence-electron chi connectivity index (χ2n) is 29.6. The highest BCUT2D eigenvalue weighted by Gasteiger charge is 2.61. The Morgan fingerprint density at radius 3 is 0.771 bits per heavy atom. The molecule has 29 N–H and O–H groups in total. The summed E-state index contributed by atoms with van der Waals surface area (Å²) in [4.78, 5) is 76.0. The van der Waals surface area contributed by atoms with Gasteiger partial charge in [0, 0.05) is 41.5 Å². The van der Waals surface area contributed by atoms with Gasteiger partial charge in [0.1, 0.15) is 219 Å². The number of nitrogens with one attached hydrogen (secondary N) is 6. The fraction of sp³-hybridized carbons (Fsp3) is 0.909. The van der Waals surface area contributed by atoms with E-state index in [-0.39, 0.29) is 0 Å². The molecular formula is C66H110N6O46. The first kappa shape index (κ1) is 97.0. The molecule has 52 heteroatoms. The zero-order valence-corrected chi connectivity index (χ0v) is 64.0. The Balaban J connectivity index is 1.06. The number of hydrogen-bond acceptors (Lipinski definition) is 46. The lowest BCUT2D eigenvalue weighted by atomic mass is 9.93. The van der Waals surface area contributed by atoms with Crippen molar-refractivity contribution in [2.45, 2.75) is 318 Å². The van der Waals surface area contributed by atoms with Crippen molar-refractivity contribution in [2.24, 2.45) is 0 Å². The molecule has 9 aliphatic rings. The van der Waals surface area contributed by atoms with Crippen molar-refractivity contribution in [3.8, 4) is 0 Å². The fourth-order valence-electron chi connectivity index (χ4n) is 15.3. The molecule has 680 valence electrons. The van der Waals surface area contributed by atoms with Crippen LogP contribution in [0.1, 0.15) is 41.5 Å². The molecule has 0 saturated carbocycles. The maximum atomic E-state index is 13.1. The van der Waals surface area contributed by atoms with Gasteiger partial charge in [0.2, 0.25) is 35.4 Å². The van der Waals surface area contributed by atoms with Crippen molar-refractivity contribution < 1.29 is 227 Å². The Bertz CT molecular complexity index is 3230. The van der Waals surface area contributed by atoms with Crippen LogP contribution in [0.5, 0.6) is 0 Å². The van der Waals surface area contributed by atoms with Crippen molar-refractivity contribution in [1.29, 1.82) is 0 Å². The van der Waals surface area contributed by atoms with Gasteiger partial charge in [0.25, 0.3) is 0 Å². The third kappa shape index (κ3) is 21.9. The van der Waals surface area contributed by atoms with Gasteiger partial charge in [-0.3, -0.25) is 28.8 Å². The first-order chi connectivity index (χ1) is 55.8. The first-order valence-electron chi connectivity index (χ1n) is 37.6. The highest BCUT2D eigenvalue weighted by atomic mass is 16.8. The van der Waals surface area contributed by atoms with Gasteiger partial charge >= 0.3 is 0 Å². The van der Waals surface area contributed by atoms with Gasteiger partial charge in [-0.15, -0.1) is 0 Å². The molecule has 0 aromatic heterocycles. The van der Waals surface area contributed by atoms with E-state index in [4.69, 9.17) is 80.5 Å². The Hall–Kier alpha value is -4.78. The van der Waals surface area contributed by atoms with Gasteiger partial charge in [-0.1, -0.05) is 0 Å². The quantitative estimate of drug-likeness (QED) is 0.0306. The Kier molecular flexibility index (Phi) is 35.1. The minimum absolute atomic E-state index is 0.792. The number of ether oxygens (including phenoxy) is 17. The van der Waals surface area contributed by atoms with Crippen molar-refractivity contribution in [3.63, 3.8) is 0 Å². The van der Waals surface area contributed by atoms with E-state index in [1.807, 2.05) is 0 Å². The molecule has 0 bridgehead atoms. The van der Waals surface area contributed by atoms with Crippen LogP contribution in [0.25, 0.3) is 0 Å². The van der Waals surface area contributed by atoms with E-state index in [0.717, 1.165) is 41.5 Å². The summed E-state index contributed by atoms with van der Waals surface area (Å²) >= 11 is 0. The van der Waals surface area contributed by atoms with E-state index in [0.29, 0.717) is 0 Å². The molecule has 0 radical (unpaired) electrons. The molecule has 0 aromatic carbocycles. The highest BCUT2D eigenvalue weighted by molar-refractivity contribution is 5.75. The summed E-state index contributed by atoms with van der Waals surface area (Å²) in [6, 6.07) is -10.8. The molecule has 0 aromatic rings. The average Bonchev–Trinajstić information content (AvgIpc) is 0.770. The van der Waals surface area contributed by atoms with Crippen LogP contribution in [0.4, 0.5) is 0 Å². The summed E-state index contributed by atoms with van der Waals surface area (Å²) in [5, 5.41) is 273. The SMILES string of the molecule is CC(=O)N[C@@H]1[C@@H](O)[C@H](O[C@@H]2O[C@H](CO)[C@@H](O[C@H]3O[C@H](CO[C@H]4O[C@H](CO)[C@@H](O)[C@H](O)[C@@H]4O[C@@H]4O[C@H](CO)[C@@H](O[C@@H]5O[C@H](CO)[C@H](O)[C@H](O)[C@H]5NC(C)=O)[C@H](O)[C@H]4NC(C)=O)[C@@H](O)[C@H](O[C@H]4O[C@H](CO)[C@@H](O)[C@H](O)[C@@H]4O[C@@H]4O[C@H](CO)[C@@H](O[C@@H]5O[C@H](CO)[C@H](O)[C@H](O)[C@H]5NC(C)=O)[C@H](O)[C@H]4NC(C)=O)[C@@H]3O)[C@H](O)[C@H]2NC(C)=O)[C@@H](CO)O[C@H]1O. The van der Waals surface area contributed by atoms with Crippen LogP contribution < -0.4 is 31.9 Å². The number of aliphatic hydroxyl groups excluding tert-OH is 23. The number of carbonyl (C=O) groups is 6. The smallest absolute Gasteiger partial charge is 0.217 e. The number of amides is 6. The van der Waals surface area contributed by atoms with Gasteiger partial charge in [-0.2, -0.15) is 0 Å². The zero-order valence-electron chi connectivity index (χ0n) is 64.0. The van der Waals surface area contributed by atoms with Crippen LogP contribution in [0, 0.1) is 0 Å². The Morgan fingerprint density at radius 2 is 0.449 bits per heavy atom. The molecule has 45 atom stereocenters. The minimum atomic E-state index is -2.59. The number of rotatable bonds is 31. The van der Waals surface area contributed by atoms with Gasteiger partial charge in [0.05, 0.1) is 59.5 Å². The molecule has 0 spiro atoms. The monoisotopic (exact) mass is 1720 g/mol. The second-order valence-corrected chi connectivity index (χ2v) is 29.6. The molecular weight excluding hydrogens is 1610 g/mol. The minimum Gasteiger partial charge on any atom is -0.394 e. The maximum absolute atomic E-state index is 13.1. The molecule has 6 amide bonds. The van der Waals surface area contributed by atoms with E-state index in [1.54, 1.807) is 0 Å². The van der Waals surface area contributed by atoms with Crippen LogP contribution in [0.2, 0.25) is 0 Å². The average molecular weight is 1720 g/mol. The van der Waals surface area contributed by atoms with Crippen molar-refractivity contribution in [2.75, 3.05) is 59.5 Å². The standard InChI is InChI=1S/C66H110N6O46/c1-16(81)67-31-44(94)51(26(11-77)103-58(31)101)112-61-34(70-19(4)84)47(97)54(29(14-80)108-61)115-64-50(100)55(116-66-57(49(99)40(90)25(10-76)107-66)118-63-36(72-21(6)86)46(96)53(28(13-79)110-63)114-60-33(69-18(3)83)43(93)38(88)23(8-74)105-60)41(91)30(111-64)15-102-65-56(48(98)39(89)24(9-75)106-65)117-62-35(71-20(5)85)45(95)52(27(12-78)109-62)113-59-32(68-17(2)82)42(92)37(87)22(7-73)104-59/h22-66,73-80,87-101H,7-15H2,1-6H3,(H,67,81)(H,68,82)(H,69,83)(H,70,84)(H,71,85)(H,72,86)/t22-,23-,24-,25-,26-,27-,28-,29-,30-,31-,32-,33-,34-,35-,36-,37+,38+,39-,40-,41-,42-,43-,44-,45-,46-,47-,48+,49+,50+,51-,52-,53-,54-,55+,56+,57+,58-,59+,60+,61+,62+,63+,64-,65+,66-/m1/s1. The van der Waals surface area contributed by atoms with E-state index in [1.165, 1.54) is 0 Å². The second kappa shape index (κ2) is 42.7. The van der Waals surface area contributed by atoms with Crippen LogP contribution in [-0.2, 0) is 109 Å². The topological polar surface area (TPSA) is 797 Å². The fourth-order valence-corrected chi connectivity index (χ4v) is 15.3. The predicted molar refractivity (Wildman–Crippen MR) is 367 cm³/mol. The van der Waals surface area contributed by atoms with Crippen molar-refractivity contribution in [1.82, 2.24) is 31.9 Å². The third-order valence-corrected chi connectivity index (χ3v) is 21.2. The maximum Gasteiger partial charge on any atom is 0.217 e. The van der Waals surface area contributed by atoms with Crippen LogP contribution in [-0.4, -0.2) is 488 Å². The molecule has 0 unspecified atom stereocenters. The molecule has 9 heterocycles. The van der Waals surface area contributed by atoms with E-state index >= 15 is 0 Å². The molecule has 9 fully saturated rings. The lowest BCUT2D eigenvalue weighted by molar-refractivity contribution is -0.398. The lowest BCUT2D eigenvalue weighted by Gasteiger charge is -2.51. The van der Waals surface area contributed by atoms with Gasteiger partial charge in [-0.05, 0) is 0 Å². The van der Waals surface area contributed by atoms with Crippen molar-refractivity contribution in [3.05, 3.63) is 0 Å². The summed E-state index contributed by atoms with van der Waals surface area (Å²) in [5.41, 5.74) is 0. The molecule has 9 aliphatic heterocycles. The van der Waals surface area contributed by atoms with E-state index in [9.17, 15) is 146 Å². The third-order valence-electron chi connectivity index (χ3n) is 21.2. The Morgan fingerprint density at radius 1 is 0.220 bits per heavy atom. The van der Waals surface area contributed by atoms with E-state index < -0.39 is 371 Å². The van der Waals surface area contributed by atoms with Crippen molar-refractivity contribution >= 4 is 35.4 Å². The summed E-state index contributed by atoms with van der Waals surface area (Å²) in [7, 11) is 0. The molecule has 52 nitrogen and oxygen atoms in total. The molecule has 9 rings (SSSR count). The summed E-state index contributed by atoms with van der Waals surface area (Å²) in [5.74, 6) is -5.25. The summed E-state index contributed by atoms with van der Waals surface area (Å²) in [6.45, 7) is -4.04. The zero-order chi connectivity index (χ0) is 87.1. The van der Waals surface area contributed by atoms with Gasteiger partial charge in [-0.25, -0.2) is 0 Å². The number of hydrogen-bond donors (Lipinski definition) is 29. The first-order valence-corrected chi connectivity index (χ1v) is 37.6. The van der Waals surface area contributed by atoms with E-state index in [2.05, 4.69) is 31.9 Å². The lowest BCUT2D eigenvalue weighted by Crippen LogP contribution is -2.71. The molecule has 9 saturated heterocycles. The molecule has 0 aliphatic carbocycles. The normalized spacial score (nSPS) is 46.9. The largest absolute Gasteiger partial charge is 0.394 e. The molecule has 118 heavy (non-hydrogen) atoms. The Labute approximate surface area is 669 Å². The number of carbonyl (C=O) groups excluding carboxylic acids is 6. The number of aliphatic hydroxyl groups is 23. The summed E-state index contributed by atoms with van der Waals surface area (Å²) < 4.78 is 102. The van der Waals surface area contributed by atoms with Gasteiger partial charge < -0.3 is 230 Å². The van der Waals surface area contributed by atoms with Crippen LogP contribution in [0.15, 0.2) is 0 Å². The summed E-state index contributed by atoms with van der Waals surface area (Å²) in [6.07, 6.45) is -80.8. The highest BCUT2D eigenvalue weighted by Crippen LogP contribution is 2.40. The predicted octanol–water partition coefficient (Wildman–Crippen LogP) is -19.8.